The zero-order valence-corrected chi connectivity index (χ0v) is 12.0. The Labute approximate surface area is 111 Å². The van der Waals surface area contributed by atoms with Gasteiger partial charge in [-0.1, -0.05) is 26.7 Å². The number of rotatable bonds is 7. The Hall–Kier alpha value is -0.610. The van der Waals surface area contributed by atoms with Crippen molar-refractivity contribution >= 4 is 5.91 Å². The molecule has 4 heteroatoms. The number of hydrogen-bond donors (Lipinski definition) is 2. The van der Waals surface area contributed by atoms with Crippen LogP contribution in [0.3, 0.4) is 0 Å². The van der Waals surface area contributed by atoms with Gasteiger partial charge in [0.25, 0.3) is 0 Å². The number of likely N-dealkylation sites (tertiary alicyclic amines) is 1. The molecule has 1 amide bonds. The minimum absolute atomic E-state index is 0.0844. The molecule has 1 fully saturated rings. The van der Waals surface area contributed by atoms with Gasteiger partial charge in [0, 0.05) is 19.1 Å². The monoisotopic (exact) mass is 256 g/mol. The lowest BCUT2D eigenvalue weighted by Crippen LogP contribution is -2.40. The van der Waals surface area contributed by atoms with Crippen molar-refractivity contribution in [2.45, 2.75) is 58.6 Å². The minimum Gasteiger partial charge on any atom is -0.392 e. The summed E-state index contributed by atoms with van der Waals surface area (Å²) in [7, 11) is 0. The summed E-state index contributed by atoms with van der Waals surface area (Å²) < 4.78 is 0. The van der Waals surface area contributed by atoms with E-state index in [-0.39, 0.29) is 18.1 Å². The van der Waals surface area contributed by atoms with E-state index in [0.717, 1.165) is 25.3 Å². The first-order valence-corrected chi connectivity index (χ1v) is 7.17. The van der Waals surface area contributed by atoms with Crippen LogP contribution in [0.15, 0.2) is 0 Å². The third kappa shape index (κ3) is 6.36. The Kier molecular flexibility index (Phi) is 6.65. The molecule has 0 spiro atoms. The molecule has 2 atom stereocenters. The summed E-state index contributed by atoms with van der Waals surface area (Å²) in [4.78, 5) is 13.8. The Balaban J connectivity index is 2.11. The fourth-order valence-electron chi connectivity index (χ4n) is 2.38. The van der Waals surface area contributed by atoms with Crippen LogP contribution >= 0.6 is 0 Å². The number of carbonyl (C=O) groups excluding carboxylic acids is 1. The van der Waals surface area contributed by atoms with E-state index in [1.165, 1.54) is 12.8 Å². The molecular weight excluding hydrogens is 228 g/mol. The number of β-amino-alcohol motifs (C(OH)–C–C–N with tert-alkyl or cyclic N) is 1. The second-order valence-corrected chi connectivity index (χ2v) is 5.97. The quantitative estimate of drug-likeness (QED) is 0.723. The molecular formula is C14H28N2O2. The maximum Gasteiger partial charge on any atom is 0.234 e. The van der Waals surface area contributed by atoms with Crippen LogP contribution < -0.4 is 5.32 Å². The predicted molar refractivity (Wildman–Crippen MR) is 73.4 cm³/mol. The number of carbonyl (C=O) groups is 1. The van der Waals surface area contributed by atoms with E-state index in [0.29, 0.717) is 13.1 Å². The Bertz CT molecular complexity index is 256. The molecule has 0 aromatic carbocycles. The van der Waals surface area contributed by atoms with Crippen LogP contribution in [0.2, 0.25) is 0 Å². The summed E-state index contributed by atoms with van der Waals surface area (Å²) in [6, 6.07) is 0.253. The van der Waals surface area contributed by atoms with Crippen LogP contribution in [0.4, 0.5) is 0 Å². The van der Waals surface area contributed by atoms with E-state index >= 15 is 0 Å². The van der Waals surface area contributed by atoms with Gasteiger partial charge in [0.1, 0.15) is 0 Å². The molecule has 0 bridgehead atoms. The van der Waals surface area contributed by atoms with Crippen LogP contribution in [-0.2, 0) is 4.79 Å². The fraction of sp³-hybridized carbons (Fsp3) is 0.929. The number of aliphatic hydroxyl groups excluding tert-OH is 1. The van der Waals surface area contributed by atoms with Crippen LogP contribution in [0.1, 0.15) is 46.5 Å². The van der Waals surface area contributed by atoms with Crippen LogP contribution in [-0.4, -0.2) is 47.7 Å². The summed E-state index contributed by atoms with van der Waals surface area (Å²) in [6.07, 6.45) is 3.98. The van der Waals surface area contributed by atoms with Gasteiger partial charge in [0.2, 0.25) is 5.91 Å². The molecule has 4 nitrogen and oxygen atoms in total. The minimum atomic E-state index is -0.249. The third-order valence-electron chi connectivity index (χ3n) is 3.44. The van der Waals surface area contributed by atoms with E-state index in [1.54, 1.807) is 0 Å². The van der Waals surface area contributed by atoms with E-state index < -0.39 is 0 Å². The van der Waals surface area contributed by atoms with E-state index in [1.807, 2.05) is 4.90 Å². The van der Waals surface area contributed by atoms with E-state index in [2.05, 4.69) is 26.1 Å². The summed E-state index contributed by atoms with van der Waals surface area (Å²) in [6.45, 7) is 8.40. The van der Waals surface area contributed by atoms with Gasteiger partial charge >= 0.3 is 0 Å². The molecule has 0 aromatic heterocycles. The molecule has 0 aromatic rings. The highest BCUT2D eigenvalue weighted by atomic mass is 16.3. The Morgan fingerprint density at radius 3 is 2.67 bits per heavy atom. The molecule has 1 saturated heterocycles. The standard InChI is InChI=1S/C14H28N2O2/c1-11(2)5-4-6-12(3)15-14(18)10-16-8-7-13(17)9-16/h11-13,17H,4-10H2,1-3H3,(H,15,18). The maximum absolute atomic E-state index is 11.8. The fourth-order valence-corrected chi connectivity index (χ4v) is 2.38. The molecule has 1 rings (SSSR count). The van der Waals surface area contributed by atoms with Gasteiger partial charge in [0.05, 0.1) is 12.6 Å². The van der Waals surface area contributed by atoms with Crippen molar-refractivity contribution in [1.82, 2.24) is 10.2 Å². The van der Waals surface area contributed by atoms with Gasteiger partial charge in [-0.3, -0.25) is 9.69 Å². The summed E-state index contributed by atoms with van der Waals surface area (Å²) in [5.74, 6) is 0.820. The first kappa shape index (κ1) is 15.4. The molecule has 2 N–H and O–H groups in total. The van der Waals surface area contributed by atoms with Crippen molar-refractivity contribution in [1.29, 1.82) is 0 Å². The number of hydrogen-bond acceptors (Lipinski definition) is 3. The second kappa shape index (κ2) is 7.74. The lowest BCUT2D eigenvalue weighted by Gasteiger charge is -2.18. The van der Waals surface area contributed by atoms with Crippen molar-refractivity contribution in [2.75, 3.05) is 19.6 Å². The average Bonchev–Trinajstić information content (AvgIpc) is 2.62. The molecule has 106 valence electrons. The van der Waals surface area contributed by atoms with Gasteiger partial charge in [-0.15, -0.1) is 0 Å². The molecule has 1 aliphatic rings. The highest BCUT2D eigenvalue weighted by Gasteiger charge is 2.22. The molecule has 0 aliphatic carbocycles. The number of aliphatic hydroxyl groups is 1. The lowest BCUT2D eigenvalue weighted by atomic mass is 10.0. The maximum atomic E-state index is 11.8. The van der Waals surface area contributed by atoms with Crippen molar-refractivity contribution in [2.24, 2.45) is 5.92 Å². The zero-order valence-electron chi connectivity index (χ0n) is 12.0. The third-order valence-corrected chi connectivity index (χ3v) is 3.44. The zero-order chi connectivity index (χ0) is 13.5. The summed E-state index contributed by atoms with van der Waals surface area (Å²) >= 11 is 0. The molecule has 18 heavy (non-hydrogen) atoms. The second-order valence-electron chi connectivity index (χ2n) is 5.97. The number of nitrogens with one attached hydrogen (secondary N) is 1. The molecule has 0 saturated carbocycles. The van der Waals surface area contributed by atoms with Crippen LogP contribution in [0, 0.1) is 5.92 Å². The SMILES string of the molecule is CC(C)CCCC(C)NC(=O)CN1CCC(O)C1. The van der Waals surface area contributed by atoms with Gasteiger partial charge in [-0.2, -0.15) is 0 Å². The summed E-state index contributed by atoms with van der Waals surface area (Å²) in [5, 5.41) is 12.4. The van der Waals surface area contributed by atoms with Gasteiger partial charge in [0.15, 0.2) is 0 Å². The van der Waals surface area contributed by atoms with Crippen molar-refractivity contribution in [3.8, 4) is 0 Å². The smallest absolute Gasteiger partial charge is 0.234 e. The van der Waals surface area contributed by atoms with Crippen molar-refractivity contribution in [3.63, 3.8) is 0 Å². The molecule has 2 unspecified atom stereocenters. The van der Waals surface area contributed by atoms with Crippen molar-refractivity contribution < 1.29 is 9.90 Å². The average molecular weight is 256 g/mol. The topological polar surface area (TPSA) is 52.6 Å². The van der Waals surface area contributed by atoms with E-state index in [9.17, 15) is 9.90 Å². The normalized spacial score (nSPS) is 22.4. The van der Waals surface area contributed by atoms with Gasteiger partial charge in [-0.05, 0) is 25.7 Å². The largest absolute Gasteiger partial charge is 0.392 e. The van der Waals surface area contributed by atoms with Crippen LogP contribution in [0.5, 0.6) is 0 Å². The first-order valence-electron chi connectivity index (χ1n) is 7.17. The van der Waals surface area contributed by atoms with Gasteiger partial charge < -0.3 is 10.4 Å². The molecule has 1 aliphatic heterocycles. The number of amides is 1. The van der Waals surface area contributed by atoms with Crippen molar-refractivity contribution in [3.05, 3.63) is 0 Å². The van der Waals surface area contributed by atoms with E-state index in [4.69, 9.17) is 0 Å². The highest BCUT2D eigenvalue weighted by Crippen LogP contribution is 2.09. The predicted octanol–water partition coefficient (Wildman–Crippen LogP) is 1.38. The number of nitrogens with zero attached hydrogens (tertiary/aromatic N) is 1. The van der Waals surface area contributed by atoms with Gasteiger partial charge in [-0.25, -0.2) is 0 Å². The molecule has 0 radical (unpaired) electrons. The summed E-state index contributed by atoms with van der Waals surface area (Å²) in [5.41, 5.74) is 0. The lowest BCUT2D eigenvalue weighted by molar-refractivity contribution is -0.122. The van der Waals surface area contributed by atoms with Crippen LogP contribution in [0.25, 0.3) is 0 Å². The highest BCUT2D eigenvalue weighted by molar-refractivity contribution is 5.78. The first-order chi connectivity index (χ1) is 8.47. The molecule has 1 heterocycles. The Morgan fingerprint density at radius 1 is 1.39 bits per heavy atom. The Morgan fingerprint density at radius 2 is 2.11 bits per heavy atom.